The summed E-state index contributed by atoms with van der Waals surface area (Å²) in [6.07, 6.45) is 4.10. The van der Waals surface area contributed by atoms with E-state index in [0.717, 1.165) is 0 Å². The van der Waals surface area contributed by atoms with Crippen LogP contribution in [0.3, 0.4) is 0 Å². The van der Waals surface area contributed by atoms with E-state index >= 15 is 0 Å². The monoisotopic (exact) mass is 1080 g/mol. The zero-order valence-electron chi connectivity index (χ0n) is 45.6. The lowest BCUT2D eigenvalue weighted by Gasteiger charge is -2.37. The first-order chi connectivity index (χ1) is 36.9. The summed E-state index contributed by atoms with van der Waals surface area (Å²) < 4.78 is 30.7. The molecule has 0 saturated carbocycles. The summed E-state index contributed by atoms with van der Waals surface area (Å²) in [4.78, 5) is 83.8. The van der Waals surface area contributed by atoms with Crippen molar-refractivity contribution in [1.82, 2.24) is 15.2 Å². The van der Waals surface area contributed by atoms with Gasteiger partial charge in [-0.05, 0) is 31.8 Å². The van der Waals surface area contributed by atoms with E-state index in [0.29, 0.717) is 63.3 Å². The van der Waals surface area contributed by atoms with Crippen LogP contribution in [0, 0.1) is 53.0 Å². The molecule has 2 aliphatic carbocycles. The van der Waals surface area contributed by atoms with Gasteiger partial charge in [-0.15, -0.1) is 0 Å². The molecule has 10 atom stereocenters. The number of aliphatic hydroxyl groups excluding tert-OH is 4. The van der Waals surface area contributed by atoms with Gasteiger partial charge in [0.2, 0.25) is 5.43 Å². The summed E-state index contributed by atoms with van der Waals surface area (Å²) in [6, 6.07) is 3.08. The molecule has 4 heterocycles. The van der Waals surface area contributed by atoms with Gasteiger partial charge in [-0.2, -0.15) is 0 Å². The van der Waals surface area contributed by atoms with Crippen LogP contribution < -0.4 is 31.0 Å². The van der Waals surface area contributed by atoms with Crippen molar-refractivity contribution in [3.05, 3.63) is 103 Å². The number of Topliss-reactive ketones (excluding diaryl/α,β-unsaturated/α-hetero) is 1. The van der Waals surface area contributed by atoms with Crippen LogP contribution in [0.25, 0.3) is 22.9 Å². The molecule has 4 aliphatic heterocycles. The molecule has 1 unspecified atom stereocenters. The molecule has 1 fully saturated rings. The van der Waals surface area contributed by atoms with E-state index in [1.54, 1.807) is 45.1 Å². The molecule has 4 bridgehead atoms. The summed E-state index contributed by atoms with van der Waals surface area (Å²) in [5.74, 6) is -7.53. The van der Waals surface area contributed by atoms with Crippen molar-refractivity contribution in [2.45, 2.75) is 112 Å². The molecule has 0 aromatic heterocycles. The Morgan fingerprint density at radius 1 is 0.936 bits per heavy atom. The lowest BCUT2D eigenvalue weighted by molar-refractivity contribution is -0.158. The number of hydrogen-bond donors (Lipinski definition) is 6. The number of amides is 1. The van der Waals surface area contributed by atoms with Crippen molar-refractivity contribution in [1.29, 1.82) is 0 Å². The van der Waals surface area contributed by atoms with Crippen LogP contribution in [0.15, 0.2) is 69.8 Å². The standard InChI is InChI=1S/C58H72N4O16/c1-29-16-22-75-58(10)56(72)45-43-44(51(70)36(8)54(45)78-58)52(71)48(60-57(73)31(3)13-11-12-30(2)49(68)34(6)50(69)35(7)53(33(29)5)76-37(9)65)55-47(43)59-46-41(67)25-39(26-42(46)77-55)62-19-17-61(18-20-62)21-23-74-32(4)14-15-40(66)24-38(27-63)28-64/h11-13,16,22,25-30,33-35,38,49-50,52-53,68-72H,4,14-15,17-21,23-24H2,1-3,5-10H3,(H,60,73)/b12-11+,22-16+,31-13-/t29-,30-,33+,34+,35+,49-,50+,52?,53+,58-/m0/s1. The Kier molecular flexibility index (Phi) is 18.2. The van der Waals surface area contributed by atoms with Gasteiger partial charge in [0.25, 0.3) is 5.91 Å². The third kappa shape index (κ3) is 12.1. The van der Waals surface area contributed by atoms with E-state index in [-0.39, 0.29) is 91.8 Å². The minimum Gasteiger partial charge on any atom is -0.507 e. The SMILES string of the molecule is C=C(CCC(=O)CC(C=O)C=O)OCCN1CCN(c2cc3oc4c(nc-3c(=O)c2)=c2c3c(O)c(C)c5c2=C(O)[C@@](C)(O/C=C/[C@H](C)[C@@H](C)[C@@H](OC(C)=O)[C@H](C)[C@H](O)[C@H](C)[C@@H](O)[C@@H](C)/C=C/C=C(/C)C(=O)NC=4C3O)O5)CC1. The highest BCUT2D eigenvalue weighted by atomic mass is 16.7. The number of nitrogens with one attached hydrogen (secondary N) is 1. The fraction of sp³-hybridized carbons (Fsp3) is 0.500. The van der Waals surface area contributed by atoms with E-state index in [2.05, 4.69) is 16.8 Å². The number of aromatic hydroxyl groups is 1. The van der Waals surface area contributed by atoms with Gasteiger partial charge >= 0.3 is 11.8 Å². The van der Waals surface area contributed by atoms with Gasteiger partial charge in [-0.1, -0.05) is 59.4 Å². The third-order valence-electron chi connectivity index (χ3n) is 15.7. The number of rotatable bonds is 13. The number of fused-ring (bicyclic) bond motifs is 2. The average molecular weight is 1080 g/mol. The number of phenols is 1. The number of nitrogens with zero attached hydrogens (tertiary/aromatic N) is 3. The second-order valence-electron chi connectivity index (χ2n) is 21.2. The Hall–Kier alpha value is -7.13. The Morgan fingerprint density at radius 2 is 1.63 bits per heavy atom. The van der Waals surface area contributed by atoms with Crippen molar-refractivity contribution >= 4 is 47.4 Å². The first kappa shape index (κ1) is 58.6. The van der Waals surface area contributed by atoms with Crippen LogP contribution in [0.1, 0.15) is 91.9 Å². The maximum atomic E-state index is 14.2. The van der Waals surface area contributed by atoms with E-state index in [4.69, 9.17) is 28.3 Å². The number of carbonyl (C=O) groups excluding carboxylic acids is 5. The summed E-state index contributed by atoms with van der Waals surface area (Å²) in [6.45, 7) is 21.7. The Morgan fingerprint density at radius 3 is 2.29 bits per heavy atom. The normalized spacial score (nSPS) is 28.4. The van der Waals surface area contributed by atoms with Gasteiger partial charge in [0.1, 0.15) is 54.0 Å². The molecule has 7 rings (SSSR count). The largest absolute Gasteiger partial charge is 0.507 e. The van der Waals surface area contributed by atoms with Gasteiger partial charge < -0.3 is 68.7 Å². The zero-order valence-corrected chi connectivity index (χ0v) is 45.6. The van der Waals surface area contributed by atoms with Crippen molar-refractivity contribution in [3.63, 3.8) is 0 Å². The van der Waals surface area contributed by atoms with E-state index in [9.17, 15) is 54.3 Å². The van der Waals surface area contributed by atoms with Crippen LogP contribution in [0.4, 0.5) is 5.69 Å². The molecule has 1 amide bonds. The molecule has 1 aromatic carbocycles. The van der Waals surface area contributed by atoms with Crippen LogP contribution in [0.2, 0.25) is 0 Å². The number of hydrogen-bond acceptors (Lipinski definition) is 19. The van der Waals surface area contributed by atoms with Gasteiger partial charge in [0.15, 0.2) is 22.6 Å². The molecule has 78 heavy (non-hydrogen) atoms. The number of aliphatic hydroxyl groups is 4. The molecule has 20 nitrogen and oxygen atoms in total. The lowest BCUT2D eigenvalue weighted by Crippen LogP contribution is -2.47. The summed E-state index contributed by atoms with van der Waals surface area (Å²) >= 11 is 0. The number of aromatic nitrogens is 1. The number of carbonyl (C=O) groups is 5. The third-order valence-corrected chi connectivity index (χ3v) is 15.7. The van der Waals surface area contributed by atoms with Crippen LogP contribution in [-0.4, -0.2) is 129 Å². The quantitative estimate of drug-likeness (QED) is 0.0615. The van der Waals surface area contributed by atoms with Gasteiger partial charge in [-0.3, -0.25) is 24.1 Å². The number of ketones is 1. The van der Waals surface area contributed by atoms with Crippen LogP contribution >= 0.6 is 0 Å². The average Bonchev–Trinajstić information content (AvgIpc) is 3.39. The fourth-order valence-corrected chi connectivity index (χ4v) is 10.5. The van der Waals surface area contributed by atoms with Gasteiger partial charge in [-0.25, -0.2) is 4.98 Å². The number of ether oxygens (including phenoxy) is 4. The van der Waals surface area contributed by atoms with E-state index < -0.39 is 88.6 Å². The molecule has 20 heteroatoms. The number of esters is 1. The van der Waals surface area contributed by atoms with Crippen molar-refractivity contribution in [3.8, 4) is 23.0 Å². The maximum absolute atomic E-state index is 14.2. The molecule has 6 N–H and O–H groups in total. The van der Waals surface area contributed by atoms with Crippen molar-refractivity contribution in [2.75, 3.05) is 44.2 Å². The summed E-state index contributed by atoms with van der Waals surface area (Å²) in [5, 5.41) is 62.4. The van der Waals surface area contributed by atoms with Crippen molar-refractivity contribution < 1.29 is 72.9 Å². The predicted molar refractivity (Wildman–Crippen MR) is 285 cm³/mol. The first-order valence-corrected chi connectivity index (χ1v) is 26.3. The molecule has 1 aromatic rings. The Labute approximate surface area is 451 Å². The van der Waals surface area contributed by atoms with E-state index in [1.165, 1.54) is 46.1 Å². The highest BCUT2D eigenvalue weighted by Gasteiger charge is 2.45. The number of phenolic OH excluding ortho intramolecular Hbond substituents is 1. The molecule has 0 radical (unpaired) electrons. The fourth-order valence-electron chi connectivity index (χ4n) is 10.5. The van der Waals surface area contributed by atoms with E-state index in [1.807, 2.05) is 18.7 Å². The molecule has 420 valence electrons. The number of piperazine rings is 1. The number of anilines is 1. The molecule has 0 spiro atoms. The lowest BCUT2D eigenvalue weighted by atomic mass is 9.77. The smallest absolute Gasteiger partial charge is 0.307 e. The van der Waals surface area contributed by atoms with Gasteiger partial charge in [0.05, 0.1) is 41.1 Å². The first-order valence-electron chi connectivity index (χ1n) is 26.3. The highest BCUT2D eigenvalue weighted by Crippen LogP contribution is 2.42. The van der Waals surface area contributed by atoms with Crippen LogP contribution in [0.5, 0.6) is 11.5 Å². The molecular weight excluding hydrogens is 1010 g/mol. The number of allylic oxidation sites excluding steroid dienone is 4. The number of benzene rings is 2. The number of aldehydes is 2. The topological polar surface area (TPSA) is 285 Å². The Balaban J connectivity index is 1.28. The van der Waals surface area contributed by atoms with Gasteiger partial charge in [0, 0.05) is 123 Å². The minimum absolute atomic E-state index is 0.0129. The molecule has 6 aliphatic rings. The second-order valence-corrected chi connectivity index (χ2v) is 21.2. The van der Waals surface area contributed by atoms with Crippen molar-refractivity contribution in [2.24, 2.45) is 35.5 Å². The zero-order chi connectivity index (χ0) is 57.1. The summed E-state index contributed by atoms with van der Waals surface area (Å²) in [5.41, 5.74) is -0.429. The highest BCUT2D eigenvalue weighted by molar-refractivity contribution is 5.97. The second kappa shape index (κ2) is 24.3. The van der Waals surface area contributed by atoms with Crippen LogP contribution in [-0.2, 0) is 38.2 Å². The molecular formula is C58H72N4O16. The Bertz CT molecular complexity index is 3190. The predicted octanol–water partition coefficient (Wildman–Crippen LogP) is 3.77. The summed E-state index contributed by atoms with van der Waals surface area (Å²) in [7, 11) is 0. The maximum Gasteiger partial charge on any atom is 0.307 e. The minimum atomic E-state index is -1.94. The molecule has 1 saturated heterocycles.